The Morgan fingerprint density at radius 2 is 2.11 bits per heavy atom. The van der Waals surface area contributed by atoms with Gasteiger partial charge in [-0.05, 0) is 25.0 Å². The number of anilines is 1. The van der Waals surface area contributed by atoms with Crippen molar-refractivity contribution in [2.75, 3.05) is 5.32 Å². The number of carbonyl (C=O) groups is 2. The zero-order valence-corrected chi connectivity index (χ0v) is 10.2. The Hall–Kier alpha value is -1.95. The second-order valence-electron chi connectivity index (χ2n) is 4.66. The lowest BCUT2D eigenvalue weighted by Crippen LogP contribution is -2.34. The molecule has 102 valence electrons. The second-order valence-corrected chi connectivity index (χ2v) is 4.66. The summed E-state index contributed by atoms with van der Waals surface area (Å²) in [5.74, 6) is -2.98. The first-order valence-electron chi connectivity index (χ1n) is 6.09. The molecule has 19 heavy (non-hydrogen) atoms. The van der Waals surface area contributed by atoms with E-state index in [-0.39, 0.29) is 23.6 Å². The first-order valence-corrected chi connectivity index (χ1v) is 6.09. The quantitative estimate of drug-likeness (QED) is 0.774. The average Bonchev–Trinajstić information content (AvgIpc) is 2.75. The number of rotatable bonds is 3. The molecule has 4 N–H and O–H groups in total. The van der Waals surface area contributed by atoms with Crippen molar-refractivity contribution in [3.05, 3.63) is 29.6 Å². The van der Waals surface area contributed by atoms with Gasteiger partial charge in [-0.15, -0.1) is 0 Å². The van der Waals surface area contributed by atoms with Crippen LogP contribution in [0.3, 0.4) is 0 Å². The second kappa shape index (κ2) is 5.36. The third kappa shape index (κ3) is 2.73. The van der Waals surface area contributed by atoms with Gasteiger partial charge in [0.25, 0.3) is 0 Å². The highest BCUT2D eigenvalue weighted by Gasteiger charge is 2.31. The molecule has 2 rings (SSSR count). The van der Waals surface area contributed by atoms with Crippen LogP contribution in [0.25, 0.3) is 0 Å². The molecule has 1 aromatic carbocycles. The van der Waals surface area contributed by atoms with Crippen molar-refractivity contribution in [1.82, 2.24) is 0 Å². The summed E-state index contributed by atoms with van der Waals surface area (Å²) < 4.78 is 13.4. The first-order chi connectivity index (χ1) is 9.00. The molecular formula is C13H15FN2O3. The van der Waals surface area contributed by atoms with Crippen LogP contribution in [-0.4, -0.2) is 23.0 Å². The van der Waals surface area contributed by atoms with E-state index in [0.29, 0.717) is 6.42 Å². The van der Waals surface area contributed by atoms with Crippen molar-refractivity contribution in [3.63, 3.8) is 0 Å². The Labute approximate surface area is 109 Å². The third-order valence-electron chi connectivity index (χ3n) is 3.39. The van der Waals surface area contributed by atoms with Crippen LogP contribution >= 0.6 is 0 Å². The van der Waals surface area contributed by atoms with E-state index in [4.69, 9.17) is 10.8 Å². The molecule has 0 radical (unpaired) electrons. The predicted molar refractivity (Wildman–Crippen MR) is 67.3 cm³/mol. The maximum Gasteiger partial charge on any atom is 0.340 e. The highest BCUT2D eigenvalue weighted by atomic mass is 19.1. The first kappa shape index (κ1) is 13.5. The van der Waals surface area contributed by atoms with Crippen molar-refractivity contribution >= 4 is 17.6 Å². The van der Waals surface area contributed by atoms with Crippen molar-refractivity contribution < 1.29 is 19.1 Å². The van der Waals surface area contributed by atoms with Gasteiger partial charge in [-0.3, -0.25) is 4.79 Å². The molecule has 1 aromatic rings. The van der Waals surface area contributed by atoms with Crippen LogP contribution < -0.4 is 11.1 Å². The number of hydrogen-bond donors (Lipinski definition) is 3. The molecule has 0 aromatic heterocycles. The van der Waals surface area contributed by atoms with Crippen LogP contribution in [0, 0.1) is 11.7 Å². The van der Waals surface area contributed by atoms with Gasteiger partial charge < -0.3 is 16.2 Å². The van der Waals surface area contributed by atoms with Gasteiger partial charge in [-0.25, -0.2) is 9.18 Å². The fourth-order valence-electron chi connectivity index (χ4n) is 2.39. The van der Waals surface area contributed by atoms with Gasteiger partial charge in [0.15, 0.2) is 0 Å². The normalized spacial score (nSPS) is 22.2. The van der Waals surface area contributed by atoms with E-state index in [9.17, 15) is 14.0 Å². The summed E-state index contributed by atoms with van der Waals surface area (Å²) in [7, 11) is 0. The minimum atomic E-state index is -1.41. The summed E-state index contributed by atoms with van der Waals surface area (Å²) in [4.78, 5) is 23.0. The van der Waals surface area contributed by atoms with E-state index in [2.05, 4.69) is 5.32 Å². The standard InChI is InChI=1S/C13H15FN2O3/c14-8-4-2-6-10(11(8)13(18)19)16-12(17)7-3-1-5-9(7)15/h2,4,6-7,9H,1,3,5,15H2,(H,16,17)(H,18,19). The Bertz CT molecular complexity index is 519. The molecule has 0 aliphatic heterocycles. The van der Waals surface area contributed by atoms with Gasteiger partial charge in [0.1, 0.15) is 11.4 Å². The molecule has 1 fully saturated rings. The molecule has 1 saturated carbocycles. The van der Waals surface area contributed by atoms with Crippen molar-refractivity contribution in [2.24, 2.45) is 11.7 Å². The van der Waals surface area contributed by atoms with Crippen LogP contribution in [-0.2, 0) is 4.79 Å². The minimum absolute atomic E-state index is 0.0309. The van der Waals surface area contributed by atoms with E-state index in [1.54, 1.807) is 0 Å². The van der Waals surface area contributed by atoms with Crippen molar-refractivity contribution in [2.45, 2.75) is 25.3 Å². The van der Waals surface area contributed by atoms with Crippen LogP contribution in [0.4, 0.5) is 10.1 Å². The lowest BCUT2D eigenvalue weighted by Gasteiger charge is -2.16. The molecule has 1 aliphatic carbocycles. The highest BCUT2D eigenvalue weighted by Crippen LogP contribution is 2.26. The SMILES string of the molecule is NC1CCCC1C(=O)Nc1cccc(F)c1C(=O)O. The van der Waals surface area contributed by atoms with Gasteiger partial charge in [0.2, 0.25) is 5.91 Å². The molecule has 2 unspecified atom stereocenters. The predicted octanol–water partition coefficient (Wildman–Crippen LogP) is 1.59. The van der Waals surface area contributed by atoms with Crippen molar-refractivity contribution in [1.29, 1.82) is 0 Å². The van der Waals surface area contributed by atoms with Gasteiger partial charge >= 0.3 is 5.97 Å². The number of halogens is 1. The summed E-state index contributed by atoms with van der Waals surface area (Å²) in [5.41, 5.74) is 5.25. The van der Waals surface area contributed by atoms with Crippen LogP contribution in [0.1, 0.15) is 29.6 Å². The smallest absolute Gasteiger partial charge is 0.340 e. The largest absolute Gasteiger partial charge is 0.478 e. The molecule has 1 amide bonds. The lowest BCUT2D eigenvalue weighted by molar-refractivity contribution is -0.120. The highest BCUT2D eigenvalue weighted by molar-refractivity contribution is 6.01. The van der Waals surface area contributed by atoms with Gasteiger partial charge in [0, 0.05) is 6.04 Å². The number of carboxylic acid groups (broad SMARTS) is 1. The number of hydrogen-bond acceptors (Lipinski definition) is 3. The molecular weight excluding hydrogens is 251 g/mol. The number of benzene rings is 1. The molecule has 0 bridgehead atoms. The van der Waals surface area contributed by atoms with Crippen LogP contribution in [0.5, 0.6) is 0 Å². The Kier molecular flexibility index (Phi) is 3.80. The zero-order valence-electron chi connectivity index (χ0n) is 10.2. The maximum absolute atomic E-state index is 13.4. The fourth-order valence-corrected chi connectivity index (χ4v) is 2.39. The molecule has 0 spiro atoms. The number of carboxylic acids is 1. The molecule has 0 saturated heterocycles. The Morgan fingerprint density at radius 1 is 1.37 bits per heavy atom. The van der Waals surface area contributed by atoms with E-state index in [1.165, 1.54) is 12.1 Å². The van der Waals surface area contributed by atoms with Crippen LogP contribution in [0.15, 0.2) is 18.2 Å². The average molecular weight is 266 g/mol. The number of carbonyl (C=O) groups excluding carboxylic acids is 1. The number of nitrogens with one attached hydrogen (secondary N) is 1. The number of amides is 1. The third-order valence-corrected chi connectivity index (χ3v) is 3.39. The summed E-state index contributed by atoms with van der Waals surface area (Å²) in [5, 5.41) is 11.4. The van der Waals surface area contributed by atoms with E-state index in [1.807, 2.05) is 0 Å². The van der Waals surface area contributed by atoms with E-state index in [0.717, 1.165) is 18.9 Å². The molecule has 2 atom stereocenters. The summed E-state index contributed by atoms with van der Waals surface area (Å²) in [6, 6.07) is 3.54. The lowest BCUT2D eigenvalue weighted by atomic mass is 10.0. The van der Waals surface area contributed by atoms with E-state index < -0.39 is 17.3 Å². The molecule has 6 heteroatoms. The maximum atomic E-state index is 13.4. The number of nitrogens with two attached hydrogens (primary N) is 1. The zero-order chi connectivity index (χ0) is 14.0. The summed E-state index contributed by atoms with van der Waals surface area (Å²) in [6.45, 7) is 0. The fraction of sp³-hybridized carbons (Fsp3) is 0.385. The minimum Gasteiger partial charge on any atom is -0.478 e. The van der Waals surface area contributed by atoms with E-state index >= 15 is 0 Å². The topological polar surface area (TPSA) is 92.4 Å². The van der Waals surface area contributed by atoms with Gasteiger partial charge in [0.05, 0.1) is 11.6 Å². The molecule has 0 heterocycles. The van der Waals surface area contributed by atoms with Gasteiger partial charge in [-0.2, -0.15) is 0 Å². The Morgan fingerprint density at radius 3 is 2.68 bits per heavy atom. The monoisotopic (exact) mass is 266 g/mol. The molecule has 1 aliphatic rings. The van der Waals surface area contributed by atoms with Crippen molar-refractivity contribution in [3.8, 4) is 0 Å². The Balaban J connectivity index is 2.21. The summed E-state index contributed by atoms with van der Waals surface area (Å²) >= 11 is 0. The summed E-state index contributed by atoms with van der Waals surface area (Å²) in [6.07, 6.45) is 2.31. The molecule has 5 nitrogen and oxygen atoms in total. The number of aromatic carboxylic acids is 1. The van der Waals surface area contributed by atoms with Crippen LogP contribution in [0.2, 0.25) is 0 Å². The van der Waals surface area contributed by atoms with Gasteiger partial charge in [-0.1, -0.05) is 12.5 Å².